The van der Waals surface area contributed by atoms with Crippen molar-refractivity contribution in [2.24, 2.45) is 0 Å². The Morgan fingerprint density at radius 1 is 0.865 bits per heavy atom. The highest BCUT2D eigenvalue weighted by atomic mass is 32.2. The van der Waals surface area contributed by atoms with E-state index in [1.165, 1.54) is 11.8 Å². The van der Waals surface area contributed by atoms with Crippen molar-refractivity contribution in [3.63, 3.8) is 0 Å². The quantitative estimate of drug-likeness (QED) is 0.192. The van der Waals surface area contributed by atoms with Crippen LogP contribution in [-0.2, 0) is 0 Å². The zero-order chi connectivity index (χ0) is 26.5. The first-order chi connectivity index (χ1) is 17.8. The zero-order valence-electron chi connectivity index (χ0n) is 20.7. The first-order valence-corrected chi connectivity index (χ1v) is 13.3. The van der Waals surface area contributed by atoms with Crippen LogP contribution in [0.15, 0.2) is 77.0 Å². The number of hydrogen-bond acceptors (Lipinski definition) is 7. The van der Waals surface area contributed by atoms with Crippen LogP contribution in [0, 0.1) is 13.8 Å². The fraction of sp³-hybridized carbons (Fsp3) is 0.138. The number of thiophene rings is 1. The molecule has 0 saturated carbocycles. The van der Waals surface area contributed by atoms with Gasteiger partial charge in [-0.15, -0.1) is 23.1 Å². The number of carbonyl (C=O) groups is 3. The molecule has 1 heterocycles. The fourth-order valence-electron chi connectivity index (χ4n) is 3.57. The SMILES string of the molecule is COc1ccc(NC(=O)c2c(SCC(=O)c3ccc(C)cc3)sc(C(=O)c3ccc(C)cc3)c2N)cc1. The van der Waals surface area contributed by atoms with Crippen molar-refractivity contribution < 1.29 is 19.1 Å². The Morgan fingerprint density at radius 3 is 2.00 bits per heavy atom. The van der Waals surface area contributed by atoms with E-state index in [0.29, 0.717) is 26.8 Å². The van der Waals surface area contributed by atoms with E-state index < -0.39 is 5.91 Å². The van der Waals surface area contributed by atoms with Crippen molar-refractivity contribution in [3.8, 4) is 5.75 Å². The predicted octanol–water partition coefficient (Wildman–Crippen LogP) is 6.41. The van der Waals surface area contributed by atoms with E-state index in [2.05, 4.69) is 5.32 Å². The monoisotopic (exact) mass is 530 g/mol. The van der Waals surface area contributed by atoms with Crippen molar-refractivity contribution in [2.45, 2.75) is 18.1 Å². The topological polar surface area (TPSA) is 98.5 Å². The highest BCUT2D eigenvalue weighted by Gasteiger charge is 2.27. The standard InChI is InChI=1S/C29H26N2O4S2/c1-17-4-8-19(9-5-17)23(32)16-36-29-24(28(34)31-21-12-14-22(35-3)15-13-21)25(30)27(37-29)26(33)20-10-6-18(2)7-11-20/h4-15H,16,30H2,1-3H3,(H,31,34). The van der Waals surface area contributed by atoms with E-state index in [1.807, 2.05) is 38.1 Å². The summed E-state index contributed by atoms with van der Waals surface area (Å²) in [5.74, 6) is -0.0380. The molecular weight excluding hydrogens is 504 g/mol. The molecule has 0 spiro atoms. The number of ether oxygens (including phenoxy) is 1. The molecule has 0 aliphatic carbocycles. The maximum atomic E-state index is 13.4. The summed E-state index contributed by atoms with van der Waals surface area (Å²) < 4.78 is 5.68. The molecule has 6 nitrogen and oxygen atoms in total. The summed E-state index contributed by atoms with van der Waals surface area (Å²) in [6, 6.07) is 21.4. The van der Waals surface area contributed by atoms with Crippen LogP contribution < -0.4 is 15.8 Å². The van der Waals surface area contributed by atoms with Crippen molar-refractivity contribution in [1.29, 1.82) is 0 Å². The molecule has 1 amide bonds. The molecule has 3 N–H and O–H groups in total. The minimum absolute atomic E-state index is 0.0788. The Labute approximate surface area is 223 Å². The molecule has 37 heavy (non-hydrogen) atoms. The minimum atomic E-state index is -0.452. The molecule has 4 rings (SSSR count). The summed E-state index contributed by atoms with van der Waals surface area (Å²) >= 11 is 2.34. The lowest BCUT2D eigenvalue weighted by molar-refractivity contribution is 0.101. The Morgan fingerprint density at radius 2 is 1.43 bits per heavy atom. The Kier molecular flexibility index (Phi) is 8.11. The van der Waals surface area contributed by atoms with E-state index in [9.17, 15) is 14.4 Å². The number of hydrogen-bond donors (Lipinski definition) is 2. The predicted molar refractivity (Wildman–Crippen MR) is 151 cm³/mol. The van der Waals surface area contributed by atoms with E-state index >= 15 is 0 Å². The Balaban J connectivity index is 1.65. The van der Waals surface area contributed by atoms with Gasteiger partial charge in [0.2, 0.25) is 5.78 Å². The maximum Gasteiger partial charge on any atom is 0.259 e. The molecule has 3 aromatic carbocycles. The molecule has 0 saturated heterocycles. The number of aryl methyl sites for hydroxylation is 2. The lowest BCUT2D eigenvalue weighted by atomic mass is 10.1. The van der Waals surface area contributed by atoms with Gasteiger partial charge in [-0.3, -0.25) is 14.4 Å². The van der Waals surface area contributed by atoms with Gasteiger partial charge in [0, 0.05) is 16.8 Å². The number of ketones is 2. The minimum Gasteiger partial charge on any atom is -0.497 e. The van der Waals surface area contributed by atoms with Gasteiger partial charge in [0.25, 0.3) is 5.91 Å². The van der Waals surface area contributed by atoms with Gasteiger partial charge in [-0.2, -0.15) is 0 Å². The van der Waals surface area contributed by atoms with Crippen molar-refractivity contribution >= 4 is 51.9 Å². The zero-order valence-corrected chi connectivity index (χ0v) is 22.3. The first-order valence-electron chi connectivity index (χ1n) is 11.5. The van der Waals surface area contributed by atoms with Crippen LogP contribution in [-0.4, -0.2) is 30.3 Å². The summed E-state index contributed by atoms with van der Waals surface area (Å²) in [5, 5.41) is 2.84. The summed E-state index contributed by atoms with van der Waals surface area (Å²) in [7, 11) is 1.56. The van der Waals surface area contributed by atoms with Crippen LogP contribution in [0.5, 0.6) is 5.75 Å². The van der Waals surface area contributed by atoms with E-state index in [1.54, 1.807) is 55.6 Å². The van der Waals surface area contributed by atoms with Crippen LogP contribution in [0.4, 0.5) is 11.4 Å². The summed E-state index contributed by atoms with van der Waals surface area (Å²) in [6.45, 7) is 3.90. The van der Waals surface area contributed by atoms with Gasteiger partial charge in [0.15, 0.2) is 5.78 Å². The van der Waals surface area contributed by atoms with Crippen LogP contribution in [0.2, 0.25) is 0 Å². The second kappa shape index (κ2) is 11.5. The number of thioether (sulfide) groups is 1. The Bertz CT molecular complexity index is 1440. The molecule has 0 bridgehead atoms. The highest BCUT2D eigenvalue weighted by molar-refractivity contribution is 8.01. The molecule has 1 aromatic heterocycles. The number of nitrogen functional groups attached to an aromatic ring is 1. The number of nitrogens with one attached hydrogen (secondary N) is 1. The van der Waals surface area contributed by atoms with Gasteiger partial charge in [0.05, 0.1) is 33.2 Å². The molecule has 0 atom stereocenters. The van der Waals surface area contributed by atoms with E-state index in [0.717, 1.165) is 22.5 Å². The second-order valence-electron chi connectivity index (χ2n) is 8.46. The lowest BCUT2D eigenvalue weighted by Gasteiger charge is -2.08. The van der Waals surface area contributed by atoms with Crippen LogP contribution in [0.1, 0.15) is 47.1 Å². The van der Waals surface area contributed by atoms with Crippen LogP contribution in [0.25, 0.3) is 0 Å². The molecule has 0 fully saturated rings. The highest BCUT2D eigenvalue weighted by Crippen LogP contribution is 2.40. The molecule has 188 valence electrons. The summed E-state index contributed by atoms with van der Waals surface area (Å²) in [6.07, 6.45) is 0. The van der Waals surface area contributed by atoms with Crippen LogP contribution in [0.3, 0.4) is 0 Å². The third kappa shape index (κ3) is 6.10. The molecule has 4 aromatic rings. The average molecular weight is 531 g/mol. The number of nitrogens with two attached hydrogens (primary N) is 1. The Hall–Kier alpha value is -3.88. The number of carbonyl (C=O) groups excluding carboxylic acids is 3. The van der Waals surface area contributed by atoms with E-state index in [-0.39, 0.29) is 33.4 Å². The van der Waals surface area contributed by atoms with Crippen LogP contribution >= 0.6 is 23.1 Å². The number of anilines is 2. The number of Topliss-reactive ketones (excluding diaryl/α,β-unsaturated/α-hetero) is 1. The van der Waals surface area contributed by atoms with Gasteiger partial charge in [-0.05, 0) is 38.1 Å². The largest absolute Gasteiger partial charge is 0.497 e. The van der Waals surface area contributed by atoms with Crippen molar-refractivity contribution in [2.75, 3.05) is 23.9 Å². The molecule has 0 radical (unpaired) electrons. The third-order valence-corrected chi connectivity index (χ3v) is 8.19. The van der Waals surface area contributed by atoms with Gasteiger partial charge in [0.1, 0.15) is 5.75 Å². The maximum absolute atomic E-state index is 13.4. The summed E-state index contributed by atoms with van der Waals surface area (Å²) in [4.78, 5) is 39.7. The van der Waals surface area contributed by atoms with Crippen molar-refractivity contribution in [1.82, 2.24) is 0 Å². The molecule has 8 heteroatoms. The second-order valence-corrected chi connectivity index (χ2v) is 10.7. The normalized spacial score (nSPS) is 10.7. The van der Waals surface area contributed by atoms with Gasteiger partial charge in [-0.1, -0.05) is 59.7 Å². The summed E-state index contributed by atoms with van der Waals surface area (Å²) in [5.41, 5.74) is 10.4. The molecule has 0 aliphatic heterocycles. The third-order valence-electron chi connectivity index (χ3n) is 5.72. The number of benzene rings is 3. The molecule has 0 aliphatic rings. The molecule has 0 unspecified atom stereocenters. The van der Waals surface area contributed by atoms with Crippen molar-refractivity contribution in [3.05, 3.63) is 105 Å². The van der Waals surface area contributed by atoms with Gasteiger partial charge >= 0.3 is 0 Å². The average Bonchev–Trinajstić information content (AvgIpc) is 3.24. The smallest absolute Gasteiger partial charge is 0.259 e. The number of methoxy groups -OCH3 is 1. The molecular formula is C29H26N2O4S2. The van der Waals surface area contributed by atoms with Gasteiger partial charge in [-0.25, -0.2) is 0 Å². The number of rotatable bonds is 9. The van der Waals surface area contributed by atoms with E-state index in [4.69, 9.17) is 10.5 Å². The van der Waals surface area contributed by atoms with Gasteiger partial charge < -0.3 is 15.8 Å². The number of amides is 1. The lowest BCUT2D eigenvalue weighted by Crippen LogP contribution is -2.15. The fourth-order valence-corrected chi connectivity index (χ4v) is 5.92. The first kappa shape index (κ1) is 26.2.